The van der Waals surface area contributed by atoms with Crippen molar-refractivity contribution in [2.75, 3.05) is 18.9 Å². The van der Waals surface area contributed by atoms with Gasteiger partial charge in [-0.05, 0) is 19.1 Å². The number of carbonyl (C=O) groups is 2. The molecule has 0 fully saturated rings. The fraction of sp³-hybridized carbons (Fsp3) is 0.235. The van der Waals surface area contributed by atoms with Gasteiger partial charge >= 0.3 is 0 Å². The highest BCUT2D eigenvalue weighted by Crippen LogP contribution is 2.22. The smallest absolute Gasteiger partial charge is 0.245 e. The second kappa shape index (κ2) is 7.87. The maximum atomic E-state index is 12.3. The number of nitrogens with zero attached hydrogens (tertiary/aromatic N) is 4. The fourth-order valence-electron chi connectivity index (χ4n) is 2.21. The van der Waals surface area contributed by atoms with Crippen LogP contribution in [-0.4, -0.2) is 45.4 Å². The maximum Gasteiger partial charge on any atom is 0.245 e. The van der Waals surface area contributed by atoms with Crippen LogP contribution in [0.5, 0.6) is 0 Å². The predicted octanol–water partition coefficient (Wildman–Crippen LogP) is 2.14. The average Bonchev–Trinajstić information content (AvgIpc) is 3.24. The van der Waals surface area contributed by atoms with Gasteiger partial charge in [0.2, 0.25) is 11.8 Å². The molecule has 3 heterocycles. The van der Waals surface area contributed by atoms with Crippen molar-refractivity contribution in [1.82, 2.24) is 20.0 Å². The van der Waals surface area contributed by atoms with Crippen molar-refractivity contribution in [2.45, 2.75) is 13.3 Å². The summed E-state index contributed by atoms with van der Waals surface area (Å²) in [5.74, 6) is 0.384. The van der Waals surface area contributed by atoms with Crippen LogP contribution in [-0.2, 0) is 16.0 Å². The normalized spacial score (nSPS) is 10.5. The second-order valence-corrected chi connectivity index (χ2v) is 6.54. The lowest BCUT2D eigenvalue weighted by Crippen LogP contribution is -2.35. The molecule has 0 aromatic carbocycles. The molecule has 3 aromatic heterocycles. The van der Waals surface area contributed by atoms with E-state index < -0.39 is 0 Å². The third-order valence-electron chi connectivity index (χ3n) is 3.49. The molecular weight excluding hydrogens is 354 g/mol. The van der Waals surface area contributed by atoms with E-state index in [1.54, 1.807) is 32.4 Å². The molecule has 0 aliphatic rings. The number of nitrogens with one attached hydrogen (secondary N) is 1. The van der Waals surface area contributed by atoms with Gasteiger partial charge in [0.25, 0.3) is 0 Å². The summed E-state index contributed by atoms with van der Waals surface area (Å²) >= 11 is 1.45. The van der Waals surface area contributed by atoms with Gasteiger partial charge in [-0.2, -0.15) is 0 Å². The minimum absolute atomic E-state index is 0.0790. The van der Waals surface area contributed by atoms with Gasteiger partial charge in [-0.3, -0.25) is 14.6 Å². The van der Waals surface area contributed by atoms with Crippen molar-refractivity contribution in [3.8, 4) is 10.6 Å². The molecule has 3 aromatic rings. The monoisotopic (exact) mass is 371 g/mol. The van der Waals surface area contributed by atoms with E-state index in [1.165, 1.54) is 16.2 Å². The molecular formula is C17H17N5O3S. The number of rotatable bonds is 6. The number of likely N-dealkylation sites (N-methyl/N-ethyl adjacent to an activating group) is 1. The highest BCUT2D eigenvalue weighted by atomic mass is 32.1. The van der Waals surface area contributed by atoms with Crippen LogP contribution >= 0.6 is 11.3 Å². The van der Waals surface area contributed by atoms with Gasteiger partial charge in [0.15, 0.2) is 5.82 Å². The highest BCUT2D eigenvalue weighted by molar-refractivity contribution is 7.13. The number of anilines is 1. The number of pyridine rings is 1. The minimum Gasteiger partial charge on any atom is -0.360 e. The predicted molar refractivity (Wildman–Crippen MR) is 96.6 cm³/mol. The molecule has 0 unspecified atom stereocenters. The van der Waals surface area contributed by atoms with Crippen LogP contribution in [0.2, 0.25) is 0 Å². The first-order valence-electron chi connectivity index (χ1n) is 7.83. The molecule has 0 saturated carbocycles. The lowest BCUT2D eigenvalue weighted by molar-refractivity contribution is -0.132. The SMILES string of the molecule is Cc1cc(NC(=O)CN(C)C(=O)Cc2csc(-c3cccnc3)n2)no1. The summed E-state index contributed by atoms with van der Waals surface area (Å²) in [7, 11) is 1.57. The second-order valence-electron chi connectivity index (χ2n) is 5.68. The van der Waals surface area contributed by atoms with Crippen LogP contribution in [0.4, 0.5) is 5.82 Å². The maximum absolute atomic E-state index is 12.3. The van der Waals surface area contributed by atoms with Crippen molar-refractivity contribution in [3.05, 3.63) is 47.4 Å². The summed E-state index contributed by atoms with van der Waals surface area (Å²) in [6.45, 7) is 1.65. The number of thiazole rings is 1. The van der Waals surface area contributed by atoms with Crippen LogP contribution in [0, 0.1) is 6.92 Å². The number of amides is 2. The quantitative estimate of drug-likeness (QED) is 0.712. The molecule has 0 spiro atoms. The van der Waals surface area contributed by atoms with E-state index in [9.17, 15) is 9.59 Å². The summed E-state index contributed by atoms with van der Waals surface area (Å²) in [5.41, 5.74) is 1.57. The Kier molecular flexibility index (Phi) is 5.37. The van der Waals surface area contributed by atoms with Crippen LogP contribution in [0.1, 0.15) is 11.5 Å². The van der Waals surface area contributed by atoms with Crippen molar-refractivity contribution >= 4 is 29.0 Å². The summed E-state index contributed by atoms with van der Waals surface area (Å²) in [6, 6.07) is 5.36. The molecule has 3 rings (SSSR count). The van der Waals surface area contributed by atoms with Gasteiger partial charge < -0.3 is 14.7 Å². The summed E-state index contributed by atoms with van der Waals surface area (Å²) in [4.78, 5) is 34.2. The Labute approximate surface area is 153 Å². The van der Waals surface area contributed by atoms with Gasteiger partial charge in [0.1, 0.15) is 10.8 Å². The first-order chi connectivity index (χ1) is 12.5. The number of carbonyl (C=O) groups excluding carboxylic acids is 2. The topological polar surface area (TPSA) is 101 Å². The molecule has 0 radical (unpaired) electrons. The molecule has 0 aliphatic heterocycles. The number of aromatic nitrogens is 3. The van der Waals surface area contributed by atoms with Crippen LogP contribution in [0.15, 0.2) is 40.5 Å². The molecule has 134 valence electrons. The Bertz CT molecular complexity index is 906. The van der Waals surface area contributed by atoms with Crippen molar-refractivity contribution < 1.29 is 14.1 Å². The van der Waals surface area contributed by atoms with E-state index in [0.29, 0.717) is 17.3 Å². The number of hydrogen-bond donors (Lipinski definition) is 1. The van der Waals surface area contributed by atoms with E-state index >= 15 is 0 Å². The van der Waals surface area contributed by atoms with Crippen molar-refractivity contribution in [2.24, 2.45) is 0 Å². The Balaban J connectivity index is 1.54. The zero-order chi connectivity index (χ0) is 18.5. The first-order valence-corrected chi connectivity index (χ1v) is 8.71. The average molecular weight is 371 g/mol. The largest absolute Gasteiger partial charge is 0.360 e. The van der Waals surface area contributed by atoms with Crippen LogP contribution < -0.4 is 5.32 Å². The standard InChI is InChI=1S/C17H17N5O3S/c1-11-6-14(21-25-11)20-15(23)9-22(2)16(24)7-13-10-26-17(19-13)12-4-3-5-18-8-12/h3-6,8,10H,7,9H2,1-2H3,(H,20,21,23). The Hall–Kier alpha value is -3.07. The van der Waals surface area contributed by atoms with Gasteiger partial charge in [-0.1, -0.05) is 5.16 Å². The van der Waals surface area contributed by atoms with E-state index in [2.05, 4.69) is 20.4 Å². The third-order valence-corrected chi connectivity index (χ3v) is 4.43. The number of hydrogen-bond acceptors (Lipinski definition) is 7. The van der Waals surface area contributed by atoms with Gasteiger partial charge in [0, 0.05) is 36.5 Å². The first kappa shape index (κ1) is 17.7. The third kappa shape index (κ3) is 4.51. The highest BCUT2D eigenvalue weighted by Gasteiger charge is 2.16. The summed E-state index contributed by atoms with van der Waals surface area (Å²) in [6.07, 6.45) is 3.55. The Morgan fingerprint density at radius 3 is 2.92 bits per heavy atom. The lowest BCUT2D eigenvalue weighted by Gasteiger charge is -2.15. The zero-order valence-corrected chi connectivity index (χ0v) is 15.1. The van der Waals surface area contributed by atoms with E-state index in [4.69, 9.17) is 4.52 Å². The van der Waals surface area contributed by atoms with Crippen molar-refractivity contribution in [3.63, 3.8) is 0 Å². The molecule has 0 saturated heterocycles. The minimum atomic E-state index is -0.344. The molecule has 0 atom stereocenters. The molecule has 9 heteroatoms. The van der Waals surface area contributed by atoms with Crippen molar-refractivity contribution in [1.29, 1.82) is 0 Å². The van der Waals surface area contributed by atoms with Gasteiger partial charge in [0.05, 0.1) is 18.7 Å². The lowest BCUT2D eigenvalue weighted by atomic mass is 10.3. The molecule has 0 aliphatic carbocycles. The Morgan fingerprint density at radius 2 is 2.23 bits per heavy atom. The number of aryl methyl sites for hydroxylation is 1. The zero-order valence-electron chi connectivity index (χ0n) is 14.3. The van der Waals surface area contributed by atoms with E-state index in [-0.39, 0.29) is 24.8 Å². The molecule has 26 heavy (non-hydrogen) atoms. The molecule has 0 bridgehead atoms. The fourth-order valence-corrected chi connectivity index (χ4v) is 3.02. The Morgan fingerprint density at radius 1 is 1.38 bits per heavy atom. The van der Waals surface area contributed by atoms with E-state index in [0.717, 1.165) is 10.6 Å². The van der Waals surface area contributed by atoms with E-state index in [1.807, 2.05) is 17.5 Å². The van der Waals surface area contributed by atoms with Gasteiger partial charge in [-0.25, -0.2) is 4.98 Å². The van der Waals surface area contributed by atoms with Crippen LogP contribution in [0.3, 0.4) is 0 Å². The van der Waals surface area contributed by atoms with Gasteiger partial charge in [-0.15, -0.1) is 11.3 Å². The summed E-state index contributed by atoms with van der Waals surface area (Å²) in [5, 5.41) is 8.91. The molecule has 1 N–H and O–H groups in total. The van der Waals surface area contributed by atoms with Crippen LogP contribution in [0.25, 0.3) is 10.6 Å². The molecule has 2 amide bonds. The summed E-state index contributed by atoms with van der Waals surface area (Å²) < 4.78 is 4.88. The molecule has 8 nitrogen and oxygen atoms in total.